The summed E-state index contributed by atoms with van der Waals surface area (Å²) in [6.07, 6.45) is 12.0. The lowest BCUT2D eigenvalue weighted by atomic mass is 9.63. The van der Waals surface area contributed by atoms with Crippen LogP contribution in [0.1, 0.15) is 62.8 Å². The number of fused-ring (bicyclic) bond motifs is 2. The maximum absolute atomic E-state index is 6.55. The molecule has 3 aliphatic rings. The van der Waals surface area contributed by atoms with Gasteiger partial charge in [0.15, 0.2) is 0 Å². The second kappa shape index (κ2) is 5.52. The van der Waals surface area contributed by atoms with Gasteiger partial charge >= 0.3 is 0 Å². The van der Waals surface area contributed by atoms with Gasteiger partial charge in [-0.3, -0.25) is 0 Å². The lowest BCUT2D eigenvalue weighted by Gasteiger charge is -2.51. The number of benzene rings is 1. The molecule has 20 heavy (non-hydrogen) atoms. The summed E-state index contributed by atoms with van der Waals surface area (Å²) >= 11 is 0. The highest BCUT2D eigenvalue weighted by atomic mass is 16.5. The molecule has 0 radical (unpaired) electrons. The molecule has 3 fully saturated rings. The minimum absolute atomic E-state index is 0.549. The molecule has 2 saturated carbocycles. The molecule has 0 amide bonds. The summed E-state index contributed by atoms with van der Waals surface area (Å²) in [7, 11) is 0. The van der Waals surface area contributed by atoms with Crippen molar-refractivity contribution in [2.75, 3.05) is 0 Å². The Kier molecular flexibility index (Phi) is 3.56. The van der Waals surface area contributed by atoms with E-state index in [4.69, 9.17) is 4.74 Å². The van der Waals surface area contributed by atoms with E-state index < -0.39 is 0 Å². The Hall–Kier alpha value is -0.820. The molecule has 0 N–H and O–H groups in total. The predicted molar refractivity (Wildman–Crippen MR) is 81.8 cm³/mol. The van der Waals surface area contributed by atoms with Crippen molar-refractivity contribution in [1.29, 1.82) is 0 Å². The van der Waals surface area contributed by atoms with Crippen LogP contribution in [0.4, 0.5) is 0 Å². The van der Waals surface area contributed by atoms with E-state index in [0.29, 0.717) is 12.2 Å². The van der Waals surface area contributed by atoms with Crippen LogP contribution in [0.3, 0.4) is 0 Å². The van der Waals surface area contributed by atoms with Gasteiger partial charge in [-0.25, -0.2) is 0 Å². The minimum atomic E-state index is 0.549. The summed E-state index contributed by atoms with van der Waals surface area (Å²) in [6, 6.07) is 11.3. The Bertz CT molecular complexity index is 418. The Morgan fingerprint density at radius 1 is 0.700 bits per heavy atom. The van der Waals surface area contributed by atoms with E-state index in [1.807, 2.05) is 0 Å². The quantitative estimate of drug-likeness (QED) is 0.704. The van der Waals surface area contributed by atoms with E-state index in [9.17, 15) is 0 Å². The summed E-state index contributed by atoms with van der Waals surface area (Å²) in [5, 5.41) is 0. The van der Waals surface area contributed by atoms with Crippen molar-refractivity contribution in [3.05, 3.63) is 35.9 Å². The lowest BCUT2D eigenvalue weighted by molar-refractivity contribution is -0.152. The molecule has 108 valence electrons. The topological polar surface area (TPSA) is 9.23 Å². The molecule has 1 nitrogen and oxygen atoms in total. The smallest absolute Gasteiger partial charge is 0.0613 e. The maximum atomic E-state index is 6.55. The van der Waals surface area contributed by atoms with Crippen LogP contribution in [0.2, 0.25) is 0 Å². The molecule has 4 rings (SSSR count). The zero-order chi connectivity index (χ0) is 13.4. The second-order valence-corrected chi connectivity index (χ2v) is 7.05. The van der Waals surface area contributed by atoms with Crippen LogP contribution in [0.15, 0.2) is 30.3 Å². The van der Waals surface area contributed by atoms with E-state index in [1.54, 1.807) is 5.56 Å². The number of hydrogen-bond donors (Lipinski definition) is 0. The monoisotopic (exact) mass is 270 g/mol. The fraction of sp³-hybridized carbons (Fsp3) is 0.684. The molecule has 4 atom stereocenters. The van der Waals surface area contributed by atoms with Gasteiger partial charge in [-0.05, 0) is 49.0 Å². The summed E-state index contributed by atoms with van der Waals surface area (Å²) in [5.74, 6) is 2.33. The molecule has 1 heterocycles. The summed E-state index contributed by atoms with van der Waals surface area (Å²) in [6.45, 7) is 0. The average molecular weight is 270 g/mol. The Morgan fingerprint density at radius 2 is 1.25 bits per heavy atom. The maximum Gasteiger partial charge on any atom is 0.0613 e. The fourth-order valence-electron chi connectivity index (χ4n) is 5.12. The van der Waals surface area contributed by atoms with Gasteiger partial charge in [0.25, 0.3) is 0 Å². The number of rotatable bonds is 1. The van der Waals surface area contributed by atoms with E-state index in [-0.39, 0.29) is 0 Å². The van der Waals surface area contributed by atoms with Crippen LogP contribution in [0.25, 0.3) is 0 Å². The van der Waals surface area contributed by atoms with Crippen molar-refractivity contribution < 1.29 is 4.74 Å². The SMILES string of the molecule is c1ccc(C2C3CCCCC3OC3CCCCC32)cc1. The van der Waals surface area contributed by atoms with Crippen molar-refractivity contribution in [3.8, 4) is 0 Å². The van der Waals surface area contributed by atoms with Gasteiger partial charge in [0.05, 0.1) is 12.2 Å². The molecule has 0 bridgehead atoms. The van der Waals surface area contributed by atoms with E-state index in [0.717, 1.165) is 17.8 Å². The van der Waals surface area contributed by atoms with Crippen LogP contribution in [0, 0.1) is 11.8 Å². The van der Waals surface area contributed by atoms with Crippen molar-refractivity contribution in [2.24, 2.45) is 11.8 Å². The largest absolute Gasteiger partial charge is 0.374 e. The van der Waals surface area contributed by atoms with Gasteiger partial charge < -0.3 is 4.74 Å². The van der Waals surface area contributed by atoms with Gasteiger partial charge in [-0.15, -0.1) is 0 Å². The Labute approximate surface area is 122 Å². The first kappa shape index (κ1) is 12.9. The Balaban J connectivity index is 1.69. The molecular formula is C19H26O. The van der Waals surface area contributed by atoms with Crippen LogP contribution in [-0.2, 0) is 4.74 Å². The fourth-order valence-corrected chi connectivity index (χ4v) is 5.12. The van der Waals surface area contributed by atoms with Crippen molar-refractivity contribution in [3.63, 3.8) is 0 Å². The molecular weight excluding hydrogens is 244 g/mol. The van der Waals surface area contributed by atoms with Crippen molar-refractivity contribution in [2.45, 2.75) is 69.5 Å². The number of hydrogen-bond acceptors (Lipinski definition) is 1. The highest BCUT2D eigenvalue weighted by Gasteiger charge is 2.46. The van der Waals surface area contributed by atoms with Crippen LogP contribution in [-0.4, -0.2) is 12.2 Å². The molecule has 1 saturated heterocycles. The molecule has 1 heteroatoms. The molecule has 2 aliphatic carbocycles. The molecule has 0 spiro atoms. The minimum Gasteiger partial charge on any atom is -0.374 e. The Morgan fingerprint density at radius 3 is 1.85 bits per heavy atom. The predicted octanol–water partition coefficient (Wildman–Crippen LogP) is 4.92. The van der Waals surface area contributed by atoms with Gasteiger partial charge in [0.2, 0.25) is 0 Å². The van der Waals surface area contributed by atoms with E-state index in [2.05, 4.69) is 30.3 Å². The van der Waals surface area contributed by atoms with Crippen LogP contribution < -0.4 is 0 Å². The second-order valence-electron chi connectivity index (χ2n) is 7.05. The number of ether oxygens (including phenoxy) is 1. The molecule has 1 aliphatic heterocycles. The third-order valence-corrected chi connectivity index (χ3v) is 5.96. The van der Waals surface area contributed by atoms with Gasteiger partial charge in [0, 0.05) is 0 Å². The lowest BCUT2D eigenvalue weighted by Crippen LogP contribution is -2.48. The highest BCUT2D eigenvalue weighted by Crippen LogP contribution is 2.51. The van der Waals surface area contributed by atoms with Crippen molar-refractivity contribution >= 4 is 0 Å². The summed E-state index contributed by atoms with van der Waals surface area (Å²) < 4.78 is 6.55. The van der Waals surface area contributed by atoms with Gasteiger partial charge in [-0.1, -0.05) is 56.0 Å². The van der Waals surface area contributed by atoms with Crippen molar-refractivity contribution in [1.82, 2.24) is 0 Å². The molecule has 4 unspecified atom stereocenters. The third-order valence-electron chi connectivity index (χ3n) is 5.96. The van der Waals surface area contributed by atoms with E-state index in [1.165, 1.54) is 51.4 Å². The summed E-state index contributed by atoms with van der Waals surface area (Å²) in [4.78, 5) is 0. The zero-order valence-electron chi connectivity index (χ0n) is 12.3. The standard InChI is InChI=1S/C19H26O/c1-2-8-14(9-3-1)19-15-10-4-6-12-17(15)20-18-13-7-5-11-16(18)19/h1-3,8-9,15-19H,4-7,10-13H2. The highest BCUT2D eigenvalue weighted by molar-refractivity contribution is 5.23. The first-order valence-corrected chi connectivity index (χ1v) is 8.64. The first-order chi connectivity index (χ1) is 9.93. The van der Waals surface area contributed by atoms with Crippen LogP contribution >= 0.6 is 0 Å². The molecule has 0 aromatic heterocycles. The third kappa shape index (κ3) is 2.20. The van der Waals surface area contributed by atoms with E-state index >= 15 is 0 Å². The van der Waals surface area contributed by atoms with Gasteiger partial charge in [0.1, 0.15) is 0 Å². The molecule has 1 aromatic carbocycles. The molecule has 1 aromatic rings. The first-order valence-electron chi connectivity index (χ1n) is 8.64. The average Bonchev–Trinajstić information content (AvgIpc) is 2.53. The summed E-state index contributed by atoms with van der Waals surface area (Å²) in [5.41, 5.74) is 1.59. The van der Waals surface area contributed by atoms with Crippen LogP contribution in [0.5, 0.6) is 0 Å². The van der Waals surface area contributed by atoms with Gasteiger partial charge in [-0.2, -0.15) is 0 Å². The zero-order valence-corrected chi connectivity index (χ0v) is 12.3. The normalized spacial score (nSPS) is 40.7.